The zero-order valence-corrected chi connectivity index (χ0v) is 22.7. The Balaban J connectivity index is 1.54. The summed E-state index contributed by atoms with van der Waals surface area (Å²) in [6, 6.07) is 8.55. The minimum atomic E-state index is -3.43. The highest BCUT2D eigenvalue weighted by molar-refractivity contribution is 5.85. The number of benzene rings is 2. The quantitative estimate of drug-likeness (QED) is 0.314. The standard InChI is InChI=1S/C30H37F4N3O2/c1-4-5-10-36-14-20(15-36)29(39-3)19-12-23(31)26(24(32)13-19)28-27-22(21-8-6-7-9-25(21)35-27)11-18(2)37(28)16-30(33,34)17-38/h6-9,12-13,18,20,28-29,35,38H,4-5,10-11,14-17H2,1-3H3/t18-,28-,29-/m1/s1. The van der Waals surface area contributed by atoms with Crippen molar-refractivity contribution in [3.63, 3.8) is 0 Å². The number of unbranched alkanes of at least 4 members (excludes halogenated alkanes) is 1. The second kappa shape index (κ2) is 11.2. The second-order valence-corrected chi connectivity index (χ2v) is 11.1. The van der Waals surface area contributed by atoms with E-state index in [-0.39, 0.29) is 11.5 Å². The van der Waals surface area contributed by atoms with Crippen LogP contribution in [0.3, 0.4) is 0 Å². The van der Waals surface area contributed by atoms with Gasteiger partial charge in [-0.15, -0.1) is 0 Å². The average Bonchev–Trinajstić information content (AvgIpc) is 3.24. The maximum absolute atomic E-state index is 16.0. The topological polar surface area (TPSA) is 51.7 Å². The molecule has 2 aromatic carbocycles. The van der Waals surface area contributed by atoms with Crippen LogP contribution in [0.4, 0.5) is 17.6 Å². The number of rotatable bonds is 10. The van der Waals surface area contributed by atoms with Gasteiger partial charge in [0.25, 0.3) is 5.92 Å². The molecular formula is C30H37F4N3O2. The van der Waals surface area contributed by atoms with Crippen LogP contribution in [0.2, 0.25) is 0 Å². The molecule has 9 heteroatoms. The third kappa shape index (κ3) is 5.34. The normalized spacial score (nSPS) is 21.7. The van der Waals surface area contributed by atoms with Crippen LogP contribution >= 0.6 is 0 Å². The Labute approximate surface area is 226 Å². The molecule has 0 amide bonds. The van der Waals surface area contributed by atoms with E-state index in [9.17, 15) is 13.9 Å². The number of para-hydroxylation sites is 1. The predicted molar refractivity (Wildman–Crippen MR) is 143 cm³/mol. The fourth-order valence-corrected chi connectivity index (χ4v) is 6.38. The number of hydrogen-bond donors (Lipinski definition) is 2. The minimum absolute atomic E-state index is 0.117. The first-order valence-corrected chi connectivity index (χ1v) is 13.7. The zero-order chi connectivity index (χ0) is 27.9. The van der Waals surface area contributed by atoms with Gasteiger partial charge < -0.3 is 19.7 Å². The number of nitrogens with one attached hydrogen (secondary N) is 1. The number of aliphatic hydroxyl groups is 1. The molecular weight excluding hydrogens is 510 g/mol. The number of likely N-dealkylation sites (tertiary alicyclic amines) is 1. The van der Waals surface area contributed by atoms with Gasteiger partial charge in [-0.05, 0) is 55.6 Å². The molecule has 212 valence electrons. The second-order valence-electron chi connectivity index (χ2n) is 11.1. The Kier molecular flexibility index (Phi) is 8.06. The fraction of sp³-hybridized carbons (Fsp3) is 0.533. The number of aromatic amines is 1. The summed E-state index contributed by atoms with van der Waals surface area (Å²) in [7, 11) is 1.54. The van der Waals surface area contributed by atoms with Gasteiger partial charge >= 0.3 is 0 Å². The van der Waals surface area contributed by atoms with Crippen molar-refractivity contribution in [3.05, 3.63) is 70.4 Å². The number of H-pyrrole nitrogens is 1. The molecule has 5 nitrogen and oxygen atoms in total. The van der Waals surface area contributed by atoms with E-state index >= 15 is 8.78 Å². The molecule has 2 aliphatic heterocycles. The minimum Gasteiger partial charge on any atom is -0.390 e. The molecule has 0 saturated carbocycles. The molecule has 2 N–H and O–H groups in total. The lowest BCUT2D eigenvalue weighted by atomic mass is 9.85. The number of methoxy groups -OCH3 is 1. The highest BCUT2D eigenvalue weighted by atomic mass is 19.3. The highest BCUT2D eigenvalue weighted by Gasteiger charge is 2.44. The van der Waals surface area contributed by atoms with Crippen molar-refractivity contribution < 1.29 is 27.4 Å². The van der Waals surface area contributed by atoms with Crippen LogP contribution in [-0.2, 0) is 11.2 Å². The van der Waals surface area contributed by atoms with E-state index in [4.69, 9.17) is 4.74 Å². The fourth-order valence-electron chi connectivity index (χ4n) is 6.38. The lowest BCUT2D eigenvalue weighted by Crippen LogP contribution is -2.50. The van der Waals surface area contributed by atoms with E-state index in [1.807, 2.05) is 24.3 Å². The van der Waals surface area contributed by atoms with Gasteiger partial charge in [0.2, 0.25) is 0 Å². The van der Waals surface area contributed by atoms with Crippen LogP contribution in [0.1, 0.15) is 61.2 Å². The molecule has 0 unspecified atom stereocenters. The van der Waals surface area contributed by atoms with Gasteiger partial charge in [0, 0.05) is 54.3 Å². The van der Waals surface area contributed by atoms with Crippen LogP contribution in [0.25, 0.3) is 10.9 Å². The predicted octanol–water partition coefficient (Wildman–Crippen LogP) is 5.83. The van der Waals surface area contributed by atoms with E-state index in [1.165, 1.54) is 17.0 Å². The van der Waals surface area contributed by atoms with Crippen molar-refractivity contribution in [3.8, 4) is 0 Å². The summed E-state index contributed by atoms with van der Waals surface area (Å²) in [6.45, 7) is 4.32. The lowest BCUT2D eigenvalue weighted by Gasteiger charge is -2.43. The Morgan fingerprint density at radius 2 is 1.85 bits per heavy atom. The van der Waals surface area contributed by atoms with Crippen molar-refractivity contribution in [2.75, 3.05) is 39.9 Å². The number of ether oxygens (including phenoxy) is 1. The van der Waals surface area contributed by atoms with E-state index in [2.05, 4.69) is 16.8 Å². The zero-order valence-electron chi connectivity index (χ0n) is 22.7. The molecule has 1 saturated heterocycles. The molecule has 3 atom stereocenters. The van der Waals surface area contributed by atoms with Gasteiger partial charge in [0.05, 0.1) is 18.7 Å². The van der Waals surface area contributed by atoms with E-state index in [0.717, 1.165) is 48.9 Å². The Hall–Kier alpha value is -2.46. The molecule has 39 heavy (non-hydrogen) atoms. The molecule has 3 aromatic rings. The van der Waals surface area contributed by atoms with Crippen LogP contribution in [-0.4, -0.2) is 71.8 Å². The van der Waals surface area contributed by atoms with E-state index in [0.29, 0.717) is 17.7 Å². The number of alkyl halides is 2. The Morgan fingerprint density at radius 3 is 2.49 bits per heavy atom. The number of hydrogen-bond acceptors (Lipinski definition) is 4. The molecule has 0 radical (unpaired) electrons. The average molecular weight is 548 g/mol. The molecule has 2 aliphatic rings. The lowest BCUT2D eigenvalue weighted by molar-refractivity contribution is -0.0869. The number of fused-ring (bicyclic) bond motifs is 3. The number of halogens is 4. The molecule has 0 bridgehead atoms. The summed E-state index contributed by atoms with van der Waals surface area (Å²) in [5, 5.41) is 10.2. The van der Waals surface area contributed by atoms with Crippen LogP contribution in [0.15, 0.2) is 36.4 Å². The summed E-state index contributed by atoms with van der Waals surface area (Å²) in [4.78, 5) is 6.98. The molecule has 0 aliphatic carbocycles. The largest absolute Gasteiger partial charge is 0.390 e. The summed E-state index contributed by atoms with van der Waals surface area (Å²) in [6.07, 6.45) is 2.17. The van der Waals surface area contributed by atoms with Crippen LogP contribution < -0.4 is 0 Å². The first kappa shape index (κ1) is 28.1. The molecule has 3 heterocycles. The van der Waals surface area contributed by atoms with Gasteiger partial charge in [0.15, 0.2) is 0 Å². The third-order valence-corrected chi connectivity index (χ3v) is 8.36. The first-order chi connectivity index (χ1) is 18.7. The van der Waals surface area contributed by atoms with E-state index in [1.54, 1.807) is 14.0 Å². The summed E-state index contributed by atoms with van der Waals surface area (Å²) in [5.74, 6) is -4.91. The summed E-state index contributed by atoms with van der Waals surface area (Å²) in [5.41, 5.74) is 2.28. The third-order valence-electron chi connectivity index (χ3n) is 8.36. The van der Waals surface area contributed by atoms with Crippen molar-refractivity contribution in [2.45, 2.75) is 57.2 Å². The summed E-state index contributed by atoms with van der Waals surface area (Å²) >= 11 is 0. The Morgan fingerprint density at radius 1 is 1.15 bits per heavy atom. The molecule has 1 fully saturated rings. The maximum Gasteiger partial charge on any atom is 0.283 e. The van der Waals surface area contributed by atoms with Gasteiger partial charge in [-0.1, -0.05) is 31.5 Å². The van der Waals surface area contributed by atoms with Gasteiger partial charge in [0.1, 0.15) is 18.2 Å². The van der Waals surface area contributed by atoms with Gasteiger partial charge in [-0.3, -0.25) is 4.90 Å². The smallest absolute Gasteiger partial charge is 0.283 e. The molecule has 0 spiro atoms. The number of aromatic nitrogens is 1. The van der Waals surface area contributed by atoms with Crippen molar-refractivity contribution in [1.82, 2.24) is 14.8 Å². The SMILES string of the molecule is CCCCN1CC([C@H](OC)c2cc(F)c([C@@H]3c4[nH]c5ccccc5c4C[C@@H](C)N3CC(F)(F)CO)c(F)c2)C1. The maximum atomic E-state index is 16.0. The summed E-state index contributed by atoms with van der Waals surface area (Å²) < 4.78 is 66.8. The Bertz CT molecular complexity index is 1280. The van der Waals surface area contributed by atoms with Gasteiger partial charge in [-0.25, -0.2) is 17.6 Å². The number of aliphatic hydroxyl groups excluding tert-OH is 1. The monoisotopic (exact) mass is 547 g/mol. The molecule has 1 aromatic heterocycles. The highest BCUT2D eigenvalue weighted by Crippen LogP contribution is 2.44. The van der Waals surface area contributed by atoms with Crippen molar-refractivity contribution >= 4 is 10.9 Å². The number of nitrogens with zero attached hydrogens (tertiary/aromatic N) is 2. The van der Waals surface area contributed by atoms with E-state index < -0.39 is 48.9 Å². The molecule has 5 rings (SSSR count). The van der Waals surface area contributed by atoms with Crippen LogP contribution in [0.5, 0.6) is 0 Å². The first-order valence-electron chi connectivity index (χ1n) is 13.7. The van der Waals surface area contributed by atoms with Crippen LogP contribution in [0, 0.1) is 17.6 Å². The van der Waals surface area contributed by atoms with Crippen molar-refractivity contribution in [2.24, 2.45) is 5.92 Å². The van der Waals surface area contributed by atoms with Crippen molar-refractivity contribution in [1.29, 1.82) is 0 Å². The van der Waals surface area contributed by atoms with Gasteiger partial charge in [-0.2, -0.15) is 0 Å².